The molecule has 3 atom stereocenters. The van der Waals surface area contributed by atoms with E-state index in [1.165, 1.54) is 6.42 Å². The molecular formula is C14H24N2O4. The highest BCUT2D eigenvalue weighted by Crippen LogP contribution is 2.51. The van der Waals surface area contributed by atoms with Gasteiger partial charge in [-0.25, -0.2) is 4.79 Å². The third kappa shape index (κ3) is 3.85. The number of carboxylic acid groups (broad SMARTS) is 1. The first-order chi connectivity index (χ1) is 9.49. The molecule has 2 amide bonds. The van der Waals surface area contributed by atoms with Crippen molar-refractivity contribution in [3.8, 4) is 0 Å². The number of aliphatic hydroxyl groups is 1. The van der Waals surface area contributed by atoms with E-state index < -0.39 is 11.6 Å². The van der Waals surface area contributed by atoms with Crippen LogP contribution in [-0.2, 0) is 4.79 Å². The number of nitrogens with one attached hydrogen (secondary N) is 2. The number of hydrogen-bond donors (Lipinski definition) is 4. The molecule has 4 N–H and O–H groups in total. The fourth-order valence-electron chi connectivity index (χ4n) is 3.62. The Morgan fingerprint density at radius 2 is 1.95 bits per heavy atom. The summed E-state index contributed by atoms with van der Waals surface area (Å²) in [6.07, 6.45) is 5.46. The van der Waals surface area contributed by atoms with Gasteiger partial charge in [0.1, 0.15) is 0 Å². The summed E-state index contributed by atoms with van der Waals surface area (Å²) in [5.74, 6) is 0.230. The van der Waals surface area contributed by atoms with Crippen molar-refractivity contribution in [2.75, 3.05) is 13.1 Å². The Bertz CT molecular complexity index is 374. The molecular weight excluding hydrogens is 260 g/mol. The third-order valence-electron chi connectivity index (χ3n) is 4.64. The quantitative estimate of drug-likeness (QED) is 0.526. The van der Waals surface area contributed by atoms with Gasteiger partial charge in [-0.15, -0.1) is 0 Å². The van der Waals surface area contributed by atoms with Crippen molar-refractivity contribution in [2.24, 2.45) is 11.8 Å². The van der Waals surface area contributed by atoms with Crippen LogP contribution >= 0.6 is 0 Å². The Hall–Kier alpha value is -1.30. The molecule has 6 nitrogen and oxygen atoms in total. The molecule has 0 saturated heterocycles. The largest absolute Gasteiger partial charge is 0.481 e. The van der Waals surface area contributed by atoms with Gasteiger partial charge in [0.2, 0.25) is 0 Å². The molecule has 2 fully saturated rings. The minimum Gasteiger partial charge on any atom is -0.481 e. The van der Waals surface area contributed by atoms with Gasteiger partial charge in [0.15, 0.2) is 0 Å². The lowest BCUT2D eigenvalue weighted by Gasteiger charge is -2.32. The molecule has 114 valence electrons. The topological polar surface area (TPSA) is 98.7 Å². The van der Waals surface area contributed by atoms with Gasteiger partial charge in [0.25, 0.3) is 0 Å². The first-order valence-corrected chi connectivity index (χ1v) is 7.45. The van der Waals surface area contributed by atoms with Gasteiger partial charge >= 0.3 is 12.0 Å². The Balaban J connectivity index is 1.56. The van der Waals surface area contributed by atoms with E-state index in [9.17, 15) is 14.7 Å². The number of rotatable bonds is 7. The number of carbonyl (C=O) groups excluding carboxylic acids is 1. The normalized spacial score (nSPS) is 31.2. The number of aliphatic carboxylic acids is 1. The first-order valence-electron chi connectivity index (χ1n) is 7.45. The Morgan fingerprint density at radius 1 is 1.20 bits per heavy atom. The average Bonchev–Trinajstić information content (AvgIpc) is 2.94. The van der Waals surface area contributed by atoms with Crippen LogP contribution in [0.2, 0.25) is 0 Å². The first kappa shape index (κ1) is 15.1. The number of hydrogen-bond acceptors (Lipinski definition) is 3. The summed E-state index contributed by atoms with van der Waals surface area (Å²) in [7, 11) is 0. The van der Waals surface area contributed by atoms with Gasteiger partial charge in [-0.1, -0.05) is 0 Å². The fraction of sp³-hybridized carbons (Fsp3) is 0.857. The van der Waals surface area contributed by atoms with E-state index in [1.54, 1.807) is 0 Å². The molecule has 0 radical (unpaired) electrons. The minimum absolute atomic E-state index is 0.0586. The highest BCUT2D eigenvalue weighted by Gasteiger charge is 2.49. The predicted octanol–water partition coefficient (Wildman–Crippen LogP) is 1.09. The summed E-state index contributed by atoms with van der Waals surface area (Å²) in [4.78, 5) is 21.8. The molecule has 0 spiro atoms. The van der Waals surface area contributed by atoms with Crippen LogP contribution in [0.15, 0.2) is 0 Å². The van der Waals surface area contributed by atoms with Gasteiger partial charge in [-0.2, -0.15) is 0 Å². The Labute approximate surface area is 118 Å². The van der Waals surface area contributed by atoms with Gasteiger partial charge in [-0.3, -0.25) is 4.79 Å². The van der Waals surface area contributed by atoms with Crippen LogP contribution < -0.4 is 10.6 Å². The molecule has 0 aliphatic heterocycles. The molecule has 0 heterocycles. The lowest BCUT2D eigenvalue weighted by Crippen LogP contribution is -2.42. The van der Waals surface area contributed by atoms with E-state index in [2.05, 4.69) is 10.6 Å². The second kappa shape index (κ2) is 6.43. The van der Waals surface area contributed by atoms with E-state index in [-0.39, 0.29) is 12.5 Å². The number of urea groups is 1. The molecule has 2 aliphatic rings. The highest BCUT2D eigenvalue weighted by atomic mass is 16.4. The molecule has 2 rings (SSSR count). The summed E-state index contributed by atoms with van der Waals surface area (Å²) < 4.78 is 0. The molecule has 20 heavy (non-hydrogen) atoms. The number of amides is 2. The van der Waals surface area contributed by atoms with Gasteiger partial charge < -0.3 is 20.8 Å². The van der Waals surface area contributed by atoms with Crippen LogP contribution in [0.3, 0.4) is 0 Å². The third-order valence-corrected chi connectivity index (χ3v) is 4.64. The zero-order valence-corrected chi connectivity index (χ0v) is 11.7. The number of carbonyl (C=O) groups is 2. The summed E-state index contributed by atoms with van der Waals surface area (Å²) >= 11 is 0. The maximum Gasteiger partial charge on any atom is 0.314 e. The van der Waals surface area contributed by atoms with E-state index in [0.29, 0.717) is 37.8 Å². The van der Waals surface area contributed by atoms with Gasteiger partial charge in [-0.05, 0) is 50.4 Å². The molecule has 2 saturated carbocycles. The zero-order valence-electron chi connectivity index (χ0n) is 11.7. The maximum absolute atomic E-state index is 11.5. The number of carboxylic acids is 1. The van der Waals surface area contributed by atoms with Crippen molar-refractivity contribution >= 4 is 12.0 Å². The van der Waals surface area contributed by atoms with Gasteiger partial charge in [0.05, 0.1) is 5.60 Å². The predicted molar refractivity (Wildman–Crippen MR) is 73.3 cm³/mol. The van der Waals surface area contributed by atoms with Crippen molar-refractivity contribution in [3.05, 3.63) is 0 Å². The standard InChI is InChI=1S/C14H24N2O4/c17-12(18)2-1-6-15-13(19)16-7-5-14(20)9-10-3-4-11(14)8-10/h10-11,20H,1-9H2,(H,17,18)(H2,15,16,19). The van der Waals surface area contributed by atoms with Crippen LogP contribution in [-0.4, -0.2) is 40.9 Å². The van der Waals surface area contributed by atoms with Crippen molar-refractivity contribution < 1.29 is 19.8 Å². The minimum atomic E-state index is -0.856. The fourth-order valence-corrected chi connectivity index (χ4v) is 3.62. The van der Waals surface area contributed by atoms with Gasteiger partial charge in [0, 0.05) is 19.5 Å². The van der Waals surface area contributed by atoms with E-state index >= 15 is 0 Å². The van der Waals surface area contributed by atoms with Crippen LogP contribution in [0.1, 0.15) is 44.9 Å². The Kier molecular flexibility index (Phi) is 4.86. The number of fused-ring (bicyclic) bond motifs is 2. The van der Waals surface area contributed by atoms with E-state index in [0.717, 1.165) is 19.3 Å². The molecule has 0 aromatic rings. The summed E-state index contributed by atoms with van der Waals surface area (Å²) in [6, 6.07) is -0.290. The van der Waals surface area contributed by atoms with Crippen molar-refractivity contribution in [2.45, 2.75) is 50.5 Å². The van der Waals surface area contributed by atoms with Crippen LogP contribution in [0.4, 0.5) is 4.79 Å². The van der Waals surface area contributed by atoms with Crippen LogP contribution in [0.5, 0.6) is 0 Å². The smallest absolute Gasteiger partial charge is 0.314 e. The molecule has 2 bridgehead atoms. The molecule has 6 heteroatoms. The van der Waals surface area contributed by atoms with Crippen molar-refractivity contribution in [1.29, 1.82) is 0 Å². The molecule has 0 aromatic carbocycles. The second-order valence-corrected chi connectivity index (χ2v) is 6.11. The highest BCUT2D eigenvalue weighted by molar-refractivity contribution is 5.73. The van der Waals surface area contributed by atoms with Crippen LogP contribution in [0.25, 0.3) is 0 Å². The molecule has 0 aromatic heterocycles. The maximum atomic E-state index is 11.5. The van der Waals surface area contributed by atoms with Crippen molar-refractivity contribution in [3.63, 3.8) is 0 Å². The van der Waals surface area contributed by atoms with Crippen LogP contribution in [0, 0.1) is 11.8 Å². The lowest BCUT2D eigenvalue weighted by molar-refractivity contribution is -0.137. The summed E-state index contributed by atoms with van der Waals surface area (Å²) in [6.45, 7) is 0.817. The summed E-state index contributed by atoms with van der Waals surface area (Å²) in [5, 5.41) is 24.3. The SMILES string of the molecule is O=C(O)CCCNC(=O)NCCC1(O)CC2CCC1C2. The Morgan fingerprint density at radius 3 is 2.55 bits per heavy atom. The summed E-state index contributed by atoms with van der Waals surface area (Å²) in [5.41, 5.74) is -0.584. The monoisotopic (exact) mass is 284 g/mol. The zero-order chi connectivity index (χ0) is 14.6. The van der Waals surface area contributed by atoms with E-state index in [4.69, 9.17) is 5.11 Å². The van der Waals surface area contributed by atoms with Crippen molar-refractivity contribution in [1.82, 2.24) is 10.6 Å². The molecule has 2 aliphatic carbocycles. The second-order valence-electron chi connectivity index (χ2n) is 6.11. The lowest BCUT2D eigenvalue weighted by atomic mass is 9.82. The average molecular weight is 284 g/mol. The molecule has 3 unspecified atom stereocenters. The van der Waals surface area contributed by atoms with E-state index in [1.807, 2.05) is 0 Å².